The Bertz CT molecular complexity index is 377. The normalized spacial score (nSPS) is 22.8. The van der Waals surface area contributed by atoms with Crippen molar-refractivity contribution in [1.82, 2.24) is 0 Å². The van der Waals surface area contributed by atoms with Crippen LogP contribution in [0.1, 0.15) is 43.7 Å². The van der Waals surface area contributed by atoms with Gasteiger partial charge in [0.2, 0.25) is 0 Å². The molecule has 1 aromatic rings. The molecule has 0 spiro atoms. The van der Waals surface area contributed by atoms with Crippen LogP contribution >= 0.6 is 15.9 Å². The molecule has 1 aliphatic rings. The summed E-state index contributed by atoms with van der Waals surface area (Å²) in [6, 6.07) is 8.94. The van der Waals surface area contributed by atoms with Crippen molar-refractivity contribution in [3.8, 4) is 0 Å². The Morgan fingerprint density at radius 1 is 1.28 bits per heavy atom. The van der Waals surface area contributed by atoms with Gasteiger partial charge in [0, 0.05) is 24.0 Å². The molecule has 1 nitrogen and oxygen atoms in total. The van der Waals surface area contributed by atoms with Gasteiger partial charge in [-0.05, 0) is 43.2 Å². The minimum absolute atomic E-state index is 0.294. The van der Waals surface area contributed by atoms with Gasteiger partial charge < -0.3 is 4.74 Å². The molecule has 0 aliphatic heterocycles. The van der Waals surface area contributed by atoms with Gasteiger partial charge in [0.1, 0.15) is 0 Å². The molecule has 1 atom stereocenters. The minimum atomic E-state index is 0.294. The second-order valence-electron chi connectivity index (χ2n) is 5.29. The summed E-state index contributed by atoms with van der Waals surface area (Å²) in [5.41, 5.74) is 3.38. The lowest BCUT2D eigenvalue weighted by Gasteiger charge is -2.38. The summed E-state index contributed by atoms with van der Waals surface area (Å²) in [5, 5.41) is 1.05. The van der Waals surface area contributed by atoms with Gasteiger partial charge in [0.05, 0.1) is 0 Å². The van der Waals surface area contributed by atoms with E-state index in [0.717, 1.165) is 31.4 Å². The topological polar surface area (TPSA) is 9.23 Å². The van der Waals surface area contributed by atoms with E-state index in [1.807, 2.05) is 0 Å². The molecule has 2 heteroatoms. The molecule has 18 heavy (non-hydrogen) atoms. The molecule has 0 radical (unpaired) electrons. The summed E-state index contributed by atoms with van der Waals surface area (Å²) in [5.74, 6) is 0. The Hall–Kier alpha value is -0.340. The fourth-order valence-electron chi connectivity index (χ4n) is 2.99. The van der Waals surface area contributed by atoms with Crippen LogP contribution in [-0.4, -0.2) is 18.5 Å². The van der Waals surface area contributed by atoms with E-state index in [1.165, 1.54) is 19.3 Å². The number of ether oxygens (including phenoxy) is 1. The first-order valence-electron chi connectivity index (χ1n) is 7.04. The highest BCUT2D eigenvalue weighted by Gasteiger charge is 2.34. The third-order valence-corrected chi connectivity index (χ3v) is 5.09. The van der Waals surface area contributed by atoms with Crippen LogP contribution in [0.5, 0.6) is 0 Å². The van der Waals surface area contributed by atoms with Crippen LogP contribution in [0.2, 0.25) is 0 Å². The largest absolute Gasteiger partial charge is 0.381 e. The number of alkyl halides is 1. The van der Waals surface area contributed by atoms with Gasteiger partial charge in [-0.15, -0.1) is 0 Å². The SMILES string of the molecule is CCCOCCC1(CBr)CCCc2ccccc21. The van der Waals surface area contributed by atoms with Crippen LogP contribution in [0, 0.1) is 0 Å². The highest BCUT2D eigenvalue weighted by atomic mass is 79.9. The van der Waals surface area contributed by atoms with Gasteiger partial charge >= 0.3 is 0 Å². The van der Waals surface area contributed by atoms with Gasteiger partial charge in [-0.1, -0.05) is 47.1 Å². The Morgan fingerprint density at radius 3 is 2.89 bits per heavy atom. The molecule has 0 aromatic heterocycles. The summed E-state index contributed by atoms with van der Waals surface area (Å²) in [4.78, 5) is 0. The Labute approximate surface area is 119 Å². The van der Waals surface area contributed by atoms with Crippen LogP contribution in [0.25, 0.3) is 0 Å². The Balaban J connectivity index is 2.12. The number of fused-ring (bicyclic) bond motifs is 1. The highest BCUT2D eigenvalue weighted by molar-refractivity contribution is 9.09. The maximum atomic E-state index is 5.71. The number of aryl methyl sites for hydroxylation is 1. The quantitative estimate of drug-likeness (QED) is 0.556. The molecule has 0 bridgehead atoms. The van der Waals surface area contributed by atoms with Crippen LogP contribution in [-0.2, 0) is 16.6 Å². The van der Waals surface area contributed by atoms with E-state index < -0.39 is 0 Å². The molecule has 0 saturated heterocycles. The lowest BCUT2D eigenvalue weighted by Crippen LogP contribution is -2.34. The fraction of sp³-hybridized carbons (Fsp3) is 0.625. The summed E-state index contributed by atoms with van der Waals surface area (Å²) < 4.78 is 5.71. The van der Waals surface area contributed by atoms with E-state index in [4.69, 9.17) is 4.74 Å². The van der Waals surface area contributed by atoms with E-state index in [0.29, 0.717) is 5.41 Å². The van der Waals surface area contributed by atoms with E-state index in [2.05, 4.69) is 47.1 Å². The highest BCUT2D eigenvalue weighted by Crippen LogP contribution is 2.41. The first-order valence-corrected chi connectivity index (χ1v) is 8.16. The monoisotopic (exact) mass is 310 g/mol. The molecular formula is C16H23BrO. The fourth-order valence-corrected chi connectivity index (χ4v) is 3.85. The van der Waals surface area contributed by atoms with E-state index in [-0.39, 0.29) is 0 Å². The molecule has 0 fully saturated rings. The van der Waals surface area contributed by atoms with Crippen LogP contribution in [0.4, 0.5) is 0 Å². The first-order chi connectivity index (χ1) is 8.82. The third-order valence-electron chi connectivity index (χ3n) is 4.02. The number of benzene rings is 1. The average Bonchev–Trinajstić information content (AvgIpc) is 2.44. The molecule has 100 valence electrons. The smallest absolute Gasteiger partial charge is 0.0474 e. The standard InChI is InChI=1S/C16H23BrO/c1-2-11-18-12-10-16(13-17)9-5-7-14-6-3-4-8-15(14)16/h3-4,6,8H,2,5,7,9-13H2,1H3. The van der Waals surface area contributed by atoms with Crippen molar-refractivity contribution in [1.29, 1.82) is 0 Å². The van der Waals surface area contributed by atoms with Crippen molar-refractivity contribution in [2.75, 3.05) is 18.5 Å². The van der Waals surface area contributed by atoms with E-state index >= 15 is 0 Å². The van der Waals surface area contributed by atoms with Crippen LogP contribution in [0.3, 0.4) is 0 Å². The van der Waals surface area contributed by atoms with Crippen LogP contribution < -0.4 is 0 Å². The summed E-state index contributed by atoms with van der Waals surface area (Å²) in [6.45, 7) is 3.93. The van der Waals surface area contributed by atoms with Crippen molar-refractivity contribution < 1.29 is 4.74 Å². The van der Waals surface area contributed by atoms with Gasteiger partial charge in [0.15, 0.2) is 0 Å². The molecule has 0 amide bonds. The maximum Gasteiger partial charge on any atom is 0.0474 e. The molecule has 1 aliphatic carbocycles. The van der Waals surface area contributed by atoms with E-state index in [9.17, 15) is 0 Å². The van der Waals surface area contributed by atoms with Crippen molar-refractivity contribution in [3.05, 3.63) is 35.4 Å². The molecule has 0 N–H and O–H groups in total. The molecule has 0 saturated carbocycles. The molecule has 1 aromatic carbocycles. The van der Waals surface area contributed by atoms with Gasteiger partial charge in [-0.3, -0.25) is 0 Å². The Kier molecular flexibility index (Phi) is 5.25. The van der Waals surface area contributed by atoms with Crippen molar-refractivity contribution in [2.24, 2.45) is 0 Å². The zero-order valence-electron chi connectivity index (χ0n) is 11.3. The van der Waals surface area contributed by atoms with Gasteiger partial charge in [0.25, 0.3) is 0 Å². The number of rotatable bonds is 6. The average molecular weight is 311 g/mol. The second-order valence-corrected chi connectivity index (χ2v) is 5.85. The summed E-state index contributed by atoms with van der Waals surface area (Å²) in [7, 11) is 0. The lowest BCUT2D eigenvalue weighted by atomic mass is 9.69. The maximum absolute atomic E-state index is 5.71. The first kappa shape index (κ1) is 14.1. The molecule has 1 unspecified atom stereocenters. The van der Waals surface area contributed by atoms with Crippen LogP contribution in [0.15, 0.2) is 24.3 Å². The number of hydrogen-bond acceptors (Lipinski definition) is 1. The number of hydrogen-bond donors (Lipinski definition) is 0. The predicted octanol–water partition coefficient (Wildman–Crippen LogP) is 4.47. The zero-order chi connectivity index (χ0) is 12.8. The summed E-state index contributed by atoms with van der Waals surface area (Å²) >= 11 is 3.75. The van der Waals surface area contributed by atoms with Crippen molar-refractivity contribution in [3.63, 3.8) is 0 Å². The summed E-state index contributed by atoms with van der Waals surface area (Å²) in [6.07, 6.45) is 6.06. The zero-order valence-corrected chi connectivity index (χ0v) is 12.8. The van der Waals surface area contributed by atoms with Crippen molar-refractivity contribution in [2.45, 2.75) is 44.4 Å². The lowest BCUT2D eigenvalue weighted by molar-refractivity contribution is 0.114. The number of halogens is 1. The van der Waals surface area contributed by atoms with Gasteiger partial charge in [-0.25, -0.2) is 0 Å². The Morgan fingerprint density at radius 2 is 2.11 bits per heavy atom. The van der Waals surface area contributed by atoms with Gasteiger partial charge in [-0.2, -0.15) is 0 Å². The third kappa shape index (κ3) is 2.97. The minimum Gasteiger partial charge on any atom is -0.381 e. The van der Waals surface area contributed by atoms with Crippen molar-refractivity contribution >= 4 is 15.9 Å². The molecular weight excluding hydrogens is 288 g/mol. The second kappa shape index (κ2) is 6.72. The van der Waals surface area contributed by atoms with E-state index in [1.54, 1.807) is 11.1 Å². The predicted molar refractivity (Wildman–Crippen MR) is 80.6 cm³/mol. The molecule has 0 heterocycles. The molecule has 2 rings (SSSR count).